The van der Waals surface area contributed by atoms with Crippen LogP contribution in [0.15, 0.2) is 36.7 Å². The molecule has 2 aromatic heterocycles. The van der Waals surface area contributed by atoms with Crippen LogP contribution in [-0.4, -0.2) is 58.3 Å². The number of likely N-dealkylation sites (N-methyl/N-ethyl adjacent to an activating group) is 1. The number of hydrogen-bond donors (Lipinski definition) is 1. The number of amides is 1. The number of ether oxygens (including phenoxy) is 1. The van der Waals surface area contributed by atoms with Gasteiger partial charge in [0.1, 0.15) is 12.3 Å². The number of aryl methyl sites for hydroxylation is 1. The molecule has 166 valence electrons. The summed E-state index contributed by atoms with van der Waals surface area (Å²) in [6.45, 7) is 4.34. The van der Waals surface area contributed by atoms with Crippen LogP contribution in [0.25, 0.3) is 11.3 Å². The van der Waals surface area contributed by atoms with Gasteiger partial charge in [0.2, 0.25) is 0 Å². The van der Waals surface area contributed by atoms with Crippen LogP contribution in [0.1, 0.15) is 32.7 Å². The third-order valence-electron chi connectivity index (χ3n) is 5.64. The molecule has 2 N–H and O–H groups in total. The van der Waals surface area contributed by atoms with Gasteiger partial charge in [0.05, 0.1) is 11.9 Å². The highest BCUT2D eigenvalue weighted by Crippen LogP contribution is 2.30. The van der Waals surface area contributed by atoms with E-state index in [1.54, 1.807) is 38.6 Å². The molecule has 0 spiro atoms. The summed E-state index contributed by atoms with van der Waals surface area (Å²) in [7, 11) is 5.52. The molecule has 1 amide bonds. The van der Waals surface area contributed by atoms with E-state index in [4.69, 9.17) is 10.5 Å². The molecule has 32 heavy (non-hydrogen) atoms. The van der Waals surface area contributed by atoms with Gasteiger partial charge in [-0.2, -0.15) is 0 Å². The quantitative estimate of drug-likeness (QED) is 0.662. The molecule has 1 aromatic carbocycles. The molecule has 4 rings (SSSR count). The third kappa shape index (κ3) is 4.55. The van der Waals surface area contributed by atoms with Gasteiger partial charge in [-0.05, 0) is 66.9 Å². The summed E-state index contributed by atoms with van der Waals surface area (Å²) < 4.78 is 5.88. The monoisotopic (exact) mass is 432 g/mol. The van der Waals surface area contributed by atoms with Gasteiger partial charge in [0, 0.05) is 38.9 Å². The molecule has 3 aromatic rings. The zero-order valence-corrected chi connectivity index (χ0v) is 18.9. The number of carbonyl (C=O) groups is 1. The van der Waals surface area contributed by atoms with Crippen molar-refractivity contribution in [3.8, 4) is 17.1 Å². The number of pyridine rings is 1. The summed E-state index contributed by atoms with van der Waals surface area (Å²) >= 11 is 0. The second kappa shape index (κ2) is 8.92. The highest BCUT2D eigenvalue weighted by molar-refractivity contribution is 5.92. The van der Waals surface area contributed by atoms with Gasteiger partial charge in [-0.3, -0.25) is 9.78 Å². The molecular weight excluding hydrogens is 404 g/mol. The average Bonchev–Trinajstić information content (AvgIpc) is 2.77. The SMILES string of the molecule is Cc1cc(-c2cnc(N)c(OCc3ccnc(C(=O)N(C)C)c3)n2)cc2c1CCN(C)C2. The number of nitrogens with zero attached hydrogens (tertiary/aromatic N) is 5. The fourth-order valence-corrected chi connectivity index (χ4v) is 3.90. The molecule has 1 aliphatic rings. The van der Waals surface area contributed by atoms with Crippen LogP contribution >= 0.6 is 0 Å². The van der Waals surface area contributed by atoms with Crippen molar-refractivity contribution in [1.29, 1.82) is 0 Å². The number of hydrogen-bond acceptors (Lipinski definition) is 7. The van der Waals surface area contributed by atoms with Gasteiger partial charge in [-0.15, -0.1) is 0 Å². The van der Waals surface area contributed by atoms with E-state index in [1.807, 2.05) is 0 Å². The maximum atomic E-state index is 12.2. The molecule has 1 aliphatic heterocycles. The van der Waals surface area contributed by atoms with E-state index in [9.17, 15) is 4.79 Å². The lowest BCUT2D eigenvalue weighted by atomic mass is 9.92. The van der Waals surface area contributed by atoms with Crippen molar-refractivity contribution in [2.45, 2.75) is 26.5 Å². The van der Waals surface area contributed by atoms with Gasteiger partial charge >= 0.3 is 0 Å². The van der Waals surface area contributed by atoms with Crippen LogP contribution in [0.5, 0.6) is 5.88 Å². The molecule has 8 heteroatoms. The van der Waals surface area contributed by atoms with Crippen molar-refractivity contribution in [3.05, 3.63) is 64.6 Å². The van der Waals surface area contributed by atoms with Gasteiger partial charge in [0.15, 0.2) is 5.82 Å². The van der Waals surface area contributed by atoms with Gasteiger partial charge < -0.3 is 20.3 Å². The van der Waals surface area contributed by atoms with Crippen LogP contribution in [0.4, 0.5) is 5.82 Å². The largest absolute Gasteiger partial charge is 0.470 e. The minimum atomic E-state index is -0.165. The van der Waals surface area contributed by atoms with Crippen LogP contribution in [-0.2, 0) is 19.6 Å². The maximum Gasteiger partial charge on any atom is 0.271 e. The van der Waals surface area contributed by atoms with Crippen LogP contribution in [0, 0.1) is 6.92 Å². The molecule has 0 aliphatic carbocycles. The number of anilines is 1. The zero-order chi connectivity index (χ0) is 22.8. The Hall–Kier alpha value is -3.52. The summed E-state index contributed by atoms with van der Waals surface area (Å²) in [5.41, 5.74) is 12.9. The minimum Gasteiger partial charge on any atom is -0.470 e. The van der Waals surface area contributed by atoms with Crippen LogP contribution in [0.2, 0.25) is 0 Å². The summed E-state index contributed by atoms with van der Waals surface area (Å²) in [4.78, 5) is 29.0. The summed E-state index contributed by atoms with van der Waals surface area (Å²) in [5.74, 6) is 0.329. The molecular formula is C24H28N6O2. The summed E-state index contributed by atoms with van der Waals surface area (Å²) in [5, 5.41) is 0. The normalized spacial score (nSPS) is 13.5. The van der Waals surface area contributed by atoms with Gasteiger partial charge in [0.25, 0.3) is 11.8 Å². The number of rotatable bonds is 5. The zero-order valence-electron chi connectivity index (χ0n) is 18.9. The Balaban J connectivity index is 1.57. The van der Waals surface area contributed by atoms with Crippen molar-refractivity contribution in [2.24, 2.45) is 0 Å². The topological polar surface area (TPSA) is 97.5 Å². The van der Waals surface area contributed by atoms with Crippen molar-refractivity contribution >= 4 is 11.7 Å². The molecule has 0 unspecified atom stereocenters. The molecule has 0 bridgehead atoms. The minimum absolute atomic E-state index is 0.165. The van der Waals surface area contributed by atoms with E-state index in [-0.39, 0.29) is 24.2 Å². The number of nitrogens with two attached hydrogens (primary N) is 1. The Kier molecular flexibility index (Phi) is 6.05. The lowest BCUT2D eigenvalue weighted by molar-refractivity contribution is 0.0821. The number of nitrogen functional groups attached to an aromatic ring is 1. The van der Waals surface area contributed by atoms with Gasteiger partial charge in [-0.1, -0.05) is 0 Å². The first kappa shape index (κ1) is 21.7. The summed E-state index contributed by atoms with van der Waals surface area (Å²) in [6, 6.07) is 7.84. The molecule has 3 heterocycles. The van der Waals surface area contributed by atoms with E-state index in [2.05, 4.69) is 46.0 Å². The van der Waals surface area contributed by atoms with Gasteiger partial charge in [-0.25, -0.2) is 9.97 Å². The Morgan fingerprint density at radius 3 is 2.84 bits per heavy atom. The number of carbonyl (C=O) groups excluding carboxylic acids is 1. The molecule has 0 radical (unpaired) electrons. The second-order valence-electron chi connectivity index (χ2n) is 8.40. The lowest BCUT2D eigenvalue weighted by Gasteiger charge is -2.27. The van der Waals surface area contributed by atoms with E-state index >= 15 is 0 Å². The number of aromatic nitrogens is 3. The van der Waals surface area contributed by atoms with E-state index < -0.39 is 0 Å². The Morgan fingerprint density at radius 2 is 2.06 bits per heavy atom. The first-order valence-corrected chi connectivity index (χ1v) is 10.5. The van der Waals surface area contributed by atoms with Crippen molar-refractivity contribution in [2.75, 3.05) is 33.4 Å². The predicted octanol–water partition coefficient (Wildman–Crippen LogP) is 2.70. The summed E-state index contributed by atoms with van der Waals surface area (Å²) in [6.07, 6.45) is 4.33. The highest BCUT2D eigenvalue weighted by Gasteiger charge is 2.18. The van der Waals surface area contributed by atoms with Crippen LogP contribution < -0.4 is 10.5 Å². The fraction of sp³-hybridized carbons (Fsp3) is 0.333. The molecule has 0 saturated heterocycles. The first-order valence-electron chi connectivity index (χ1n) is 10.5. The third-order valence-corrected chi connectivity index (χ3v) is 5.64. The Morgan fingerprint density at radius 1 is 1.25 bits per heavy atom. The molecule has 0 atom stereocenters. The molecule has 0 saturated carbocycles. The van der Waals surface area contributed by atoms with E-state index in [0.717, 1.165) is 30.6 Å². The van der Waals surface area contributed by atoms with E-state index in [1.165, 1.54) is 21.6 Å². The predicted molar refractivity (Wildman–Crippen MR) is 123 cm³/mol. The standard InChI is InChI=1S/C24H28N6O2/c1-15-9-17(11-18-13-30(4)8-6-19(15)18)21-12-27-22(25)23(28-21)32-14-16-5-7-26-20(10-16)24(31)29(2)3/h5,7,9-12H,6,8,13-14H2,1-4H3,(H2,25,27). The van der Waals surface area contributed by atoms with Crippen molar-refractivity contribution in [3.63, 3.8) is 0 Å². The first-order chi connectivity index (χ1) is 15.3. The van der Waals surface area contributed by atoms with Crippen molar-refractivity contribution in [1.82, 2.24) is 24.8 Å². The van der Waals surface area contributed by atoms with Crippen molar-refractivity contribution < 1.29 is 9.53 Å². The second-order valence-corrected chi connectivity index (χ2v) is 8.40. The average molecular weight is 433 g/mol. The number of fused-ring (bicyclic) bond motifs is 1. The fourth-order valence-electron chi connectivity index (χ4n) is 3.90. The molecule has 8 nitrogen and oxygen atoms in total. The highest BCUT2D eigenvalue weighted by atomic mass is 16.5. The lowest BCUT2D eigenvalue weighted by Crippen LogP contribution is -2.27. The Bertz CT molecular complexity index is 1160. The van der Waals surface area contributed by atoms with E-state index in [0.29, 0.717) is 11.4 Å². The smallest absolute Gasteiger partial charge is 0.271 e. The molecule has 0 fully saturated rings. The number of benzene rings is 1. The Labute approximate surface area is 188 Å². The van der Waals surface area contributed by atoms with Crippen LogP contribution in [0.3, 0.4) is 0 Å². The maximum absolute atomic E-state index is 12.2.